The number of hydrogen-bond acceptors (Lipinski definition) is 4. The normalized spacial score (nSPS) is 22.3. The van der Waals surface area contributed by atoms with E-state index in [0.717, 1.165) is 25.7 Å². The van der Waals surface area contributed by atoms with E-state index in [1.54, 1.807) is 4.90 Å². The summed E-state index contributed by atoms with van der Waals surface area (Å²) < 4.78 is 0. The second-order valence-corrected chi connectivity index (χ2v) is 5.03. The summed E-state index contributed by atoms with van der Waals surface area (Å²) in [6.45, 7) is 2.57. The van der Waals surface area contributed by atoms with Crippen LogP contribution >= 0.6 is 0 Å². The summed E-state index contributed by atoms with van der Waals surface area (Å²) in [5.41, 5.74) is 0. The van der Waals surface area contributed by atoms with E-state index in [1.165, 1.54) is 0 Å². The van der Waals surface area contributed by atoms with Crippen LogP contribution in [0.3, 0.4) is 0 Å². The van der Waals surface area contributed by atoms with Crippen LogP contribution in [0, 0.1) is 0 Å². The van der Waals surface area contributed by atoms with Gasteiger partial charge in [0.05, 0.1) is 12.6 Å². The summed E-state index contributed by atoms with van der Waals surface area (Å²) in [7, 11) is 0. The summed E-state index contributed by atoms with van der Waals surface area (Å²) in [4.78, 5) is 23.8. The average Bonchev–Trinajstić information content (AvgIpc) is 2.66. The first-order valence-corrected chi connectivity index (χ1v) is 6.71. The predicted octanol–water partition coefficient (Wildman–Crippen LogP) is 1.05. The zero-order chi connectivity index (χ0) is 13.5. The molecule has 0 aromatic rings. The summed E-state index contributed by atoms with van der Waals surface area (Å²) in [5.74, 6) is -1.03. The molecule has 104 valence electrons. The molecular formula is C13H23NO4. The van der Waals surface area contributed by atoms with E-state index in [-0.39, 0.29) is 25.3 Å². The van der Waals surface area contributed by atoms with Crippen LogP contribution in [-0.4, -0.2) is 52.1 Å². The fourth-order valence-electron chi connectivity index (χ4n) is 2.35. The highest BCUT2D eigenvalue weighted by Crippen LogP contribution is 2.16. The van der Waals surface area contributed by atoms with Crippen molar-refractivity contribution in [3.8, 4) is 0 Å². The highest BCUT2D eigenvalue weighted by molar-refractivity contribution is 5.90. The molecule has 2 N–H and O–H groups in total. The summed E-state index contributed by atoms with van der Waals surface area (Å²) in [6.07, 6.45) is 4.57. The number of carboxylic acid groups (broad SMARTS) is 1. The Labute approximate surface area is 108 Å². The lowest BCUT2D eigenvalue weighted by Crippen LogP contribution is -2.40. The van der Waals surface area contributed by atoms with E-state index in [2.05, 4.69) is 6.92 Å². The largest absolute Gasteiger partial charge is 0.480 e. The Kier molecular flexibility index (Phi) is 6.29. The van der Waals surface area contributed by atoms with E-state index in [4.69, 9.17) is 5.11 Å². The molecule has 0 saturated carbocycles. The molecule has 1 saturated heterocycles. The lowest BCUT2D eigenvalue weighted by Gasteiger charge is -2.23. The van der Waals surface area contributed by atoms with Gasteiger partial charge in [0.25, 0.3) is 0 Å². The minimum Gasteiger partial charge on any atom is -0.480 e. The summed E-state index contributed by atoms with van der Waals surface area (Å²) in [5, 5.41) is 18.8. The second-order valence-electron chi connectivity index (χ2n) is 5.03. The van der Waals surface area contributed by atoms with E-state index < -0.39 is 18.1 Å². The number of ketones is 1. The Morgan fingerprint density at radius 2 is 2.17 bits per heavy atom. The van der Waals surface area contributed by atoms with Gasteiger partial charge in [0.1, 0.15) is 11.8 Å². The minimum atomic E-state index is -0.973. The monoisotopic (exact) mass is 257 g/mol. The van der Waals surface area contributed by atoms with Gasteiger partial charge in [-0.05, 0) is 6.42 Å². The standard InChI is InChI=1S/C13H23NO4/c1-2-3-4-5-6-10(15)8-14-9-11(16)7-12(14)13(17)18/h10,12,15H,2-9H2,1H3,(H,17,18)/t10?,12-/m0/s1. The SMILES string of the molecule is CCCCCCC(O)CN1CC(=O)C[C@H]1C(=O)O. The number of carbonyl (C=O) groups excluding carboxylic acids is 1. The first-order chi connectivity index (χ1) is 8.54. The predicted molar refractivity (Wildman–Crippen MR) is 67.4 cm³/mol. The van der Waals surface area contributed by atoms with Crippen molar-refractivity contribution in [1.29, 1.82) is 0 Å². The lowest BCUT2D eigenvalue weighted by molar-refractivity contribution is -0.142. The number of aliphatic hydroxyl groups is 1. The average molecular weight is 257 g/mol. The van der Waals surface area contributed by atoms with Gasteiger partial charge in [-0.15, -0.1) is 0 Å². The molecule has 1 aliphatic heterocycles. The summed E-state index contributed by atoms with van der Waals surface area (Å²) >= 11 is 0. The third-order valence-corrected chi connectivity index (χ3v) is 3.36. The van der Waals surface area contributed by atoms with Gasteiger partial charge in [0, 0.05) is 13.0 Å². The second kappa shape index (κ2) is 7.48. The molecule has 1 heterocycles. The van der Waals surface area contributed by atoms with Gasteiger partial charge in [-0.1, -0.05) is 32.6 Å². The Morgan fingerprint density at radius 1 is 1.44 bits per heavy atom. The van der Waals surface area contributed by atoms with Crippen LogP contribution < -0.4 is 0 Å². The third kappa shape index (κ3) is 4.74. The van der Waals surface area contributed by atoms with Crippen molar-refractivity contribution < 1.29 is 19.8 Å². The van der Waals surface area contributed by atoms with Crippen LogP contribution in [0.15, 0.2) is 0 Å². The molecule has 1 fully saturated rings. The molecule has 1 unspecified atom stereocenters. The molecule has 5 heteroatoms. The Hall–Kier alpha value is -0.940. The zero-order valence-corrected chi connectivity index (χ0v) is 11.0. The van der Waals surface area contributed by atoms with Crippen molar-refractivity contribution in [1.82, 2.24) is 4.90 Å². The Morgan fingerprint density at radius 3 is 2.78 bits per heavy atom. The highest BCUT2D eigenvalue weighted by atomic mass is 16.4. The first-order valence-electron chi connectivity index (χ1n) is 6.71. The van der Waals surface area contributed by atoms with Crippen molar-refractivity contribution in [2.75, 3.05) is 13.1 Å². The number of aliphatic hydroxyl groups excluding tert-OH is 1. The molecule has 18 heavy (non-hydrogen) atoms. The quantitative estimate of drug-likeness (QED) is 0.635. The highest BCUT2D eigenvalue weighted by Gasteiger charge is 2.36. The molecule has 0 spiro atoms. The number of rotatable bonds is 8. The summed E-state index contributed by atoms with van der Waals surface area (Å²) in [6, 6.07) is -0.747. The van der Waals surface area contributed by atoms with E-state index in [0.29, 0.717) is 6.42 Å². The Bertz CT molecular complexity index is 293. The molecule has 5 nitrogen and oxygen atoms in total. The number of β-amino-alcohol motifs (C(OH)–C–C–N with tert-alkyl or cyclic N) is 1. The molecule has 1 aliphatic rings. The number of aliphatic carboxylic acids is 1. The minimum absolute atomic E-state index is 0.0550. The molecule has 0 radical (unpaired) electrons. The lowest BCUT2D eigenvalue weighted by atomic mass is 10.1. The van der Waals surface area contributed by atoms with Crippen LogP contribution in [0.25, 0.3) is 0 Å². The van der Waals surface area contributed by atoms with Gasteiger partial charge in [-0.25, -0.2) is 0 Å². The molecule has 0 aromatic heterocycles. The van der Waals surface area contributed by atoms with E-state index >= 15 is 0 Å². The van der Waals surface area contributed by atoms with Crippen molar-refractivity contribution in [3.05, 3.63) is 0 Å². The maximum absolute atomic E-state index is 11.3. The van der Waals surface area contributed by atoms with Gasteiger partial charge in [0.2, 0.25) is 0 Å². The number of unbranched alkanes of at least 4 members (excludes halogenated alkanes) is 3. The number of carboxylic acids is 1. The van der Waals surface area contributed by atoms with Crippen molar-refractivity contribution in [3.63, 3.8) is 0 Å². The number of nitrogens with zero attached hydrogens (tertiary/aromatic N) is 1. The van der Waals surface area contributed by atoms with Crippen LogP contribution in [0.4, 0.5) is 0 Å². The van der Waals surface area contributed by atoms with E-state index in [9.17, 15) is 14.7 Å². The maximum Gasteiger partial charge on any atom is 0.321 e. The van der Waals surface area contributed by atoms with Crippen molar-refractivity contribution in [2.45, 2.75) is 57.6 Å². The first kappa shape index (κ1) is 15.1. The van der Waals surface area contributed by atoms with Crippen molar-refractivity contribution in [2.24, 2.45) is 0 Å². The molecule has 1 rings (SSSR count). The molecular weight excluding hydrogens is 234 g/mol. The third-order valence-electron chi connectivity index (χ3n) is 3.36. The van der Waals surface area contributed by atoms with Gasteiger partial charge in [-0.3, -0.25) is 14.5 Å². The Balaban J connectivity index is 2.31. The van der Waals surface area contributed by atoms with Crippen LogP contribution in [0.5, 0.6) is 0 Å². The molecule has 0 aliphatic carbocycles. The smallest absolute Gasteiger partial charge is 0.321 e. The topological polar surface area (TPSA) is 77.8 Å². The van der Waals surface area contributed by atoms with E-state index in [1.807, 2.05) is 0 Å². The molecule has 2 atom stereocenters. The number of Topliss-reactive ketones (excluding diaryl/α,β-unsaturated/α-hetero) is 1. The van der Waals surface area contributed by atoms with Crippen LogP contribution in [-0.2, 0) is 9.59 Å². The van der Waals surface area contributed by atoms with Gasteiger partial charge >= 0.3 is 5.97 Å². The number of carbonyl (C=O) groups is 2. The van der Waals surface area contributed by atoms with Gasteiger partial charge in [-0.2, -0.15) is 0 Å². The fourth-order valence-corrected chi connectivity index (χ4v) is 2.35. The molecule has 0 bridgehead atoms. The van der Waals surface area contributed by atoms with Crippen LogP contribution in [0.2, 0.25) is 0 Å². The van der Waals surface area contributed by atoms with Gasteiger partial charge < -0.3 is 10.2 Å². The fraction of sp³-hybridized carbons (Fsp3) is 0.846. The molecule has 0 aromatic carbocycles. The number of hydrogen-bond donors (Lipinski definition) is 2. The number of likely N-dealkylation sites (tertiary alicyclic amines) is 1. The van der Waals surface area contributed by atoms with Crippen molar-refractivity contribution >= 4 is 11.8 Å². The van der Waals surface area contributed by atoms with Gasteiger partial charge in [0.15, 0.2) is 0 Å². The zero-order valence-electron chi connectivity index (χ0n) is 11.0. The molecule has 0 amide bonds. The maximum atomic E-state index is 11.3. The van der Waals surface area contributed by atoms with Crippen LogP contribution in [0.1, 0.15) is 45.4 Å².